The van der Waals surface area contributed by atoms with Crippen LogP contribution < -0.4 is 0 Å². The first-order valence-electron chi connectivity index (χ1n) is 11.1. The number of aliphatic hydroxyl groups is 1. The molecular formula is C29H27NO3S. The molecule has 0 saturated carbocycles. The van der Waals surface area contributed by atoms with E-state index in [0.29, 0.717) is 11.1 Å². The molecule has 0 aliphatic carbocycles. The first-order chi connectivity index (χ1) is 16.4. The van der Waals surface area contributed by atoms with Gasteiger partial charge in [-0.2, -0.15) is 0 Å². The van der Waals surface area contributed by atoms with Crippen molar-refractivity contribution in [3.05, 3.63) is 144 Å². The number of rotatable bonds is 8. The second-order valence-electron chi connectivity index (χ2n) is 8.11. The maximum Gasteiger partial charge on any atom is 0.264 e. The lowest BCUT2D eigenvalue weighted by Crippen LogP contribution is -2.26. The van der Waals surface area contributed by atoms with Crippen LogP contribution in [-0.2, 0) is 16.6 Å². The van der Waals surface area contributed by atoms with E-state index in [2.05, 4.69) is 0 Å². The number of nitrogens with zero attached hydrogens (tertiary/aromatic N) is 1. The number of hydrogen-bond acceptors (Lipinski definition) is 3. The van der Waals surface area contributed by atoms with Crippen molar-refractivity contribution >= 4 is 15.6 Å². The van der Waals surface area contributed by atoms with Crippen molar-refractivity contribution in [3.8, 4) is 0 Å². The Balaban J connectivity index is 1.86. The highest BCUT2D eigenvalue weighted by atomic mass is 32.2. The Kier molecular flexibility index (Phi) is 7.26. The molecule has 0 aliphatic heterocycles. The molecule has 0 saturated heterocycles. The van der Waals surface area contributed by atoms with E-state index < -0.39 is 16.1 Å². The Morgan fingerprint density at radius 3 is 1.91 bits per heavy atom. The van der Waals surface area contributed by atoms with Gasteiger partial charge in [-0.3, -0.25) is 4.31 Å². The van der Waals surface area contributed by atoms with Gasteiger partial charge >= 0.3 is 0 Å². The van der Waals surface area contributed by atoms with Crippen LogP contribution in [0.25, 0.3) is 5.57 Å². The van der Waals surface area contributed by atoms with Gasteiger partial charge in [0.1, 0.15) is 6.10 Å². The Morgan fingerprint density at radius 2 is 1.32 bits per heavy atom. The van der Waals surface area contributed by atoms with Gasteiger partial charge in [0.05, 0.1) is 11.4 Å². The lowest BCUT2D eigenvalue weighted by atomic mass is 9.96. The van der Waals surface area contributed by atoms with Crippen LogP contribution in [0.3, 0.4) is 0 Å². The van der Waals surface area contributed by atoms with Crippen molar-refractivity contribution in [1.29, 1.82) is 0 Å². The van der Waals surface area contributed by atoms with Crippen LogP contribution in [0.5, 0.6) is 0 Å². The van der Waals surface area contributed by atoms with E-state index in [9.17, 15) is 13.5 Å². The highest BCUT2D eigenvalue weighted by Gasteiger charge is 2.25. The van der Waals surface area contributed by atoms with Gasteiger partial charge in [0.15, 0.2) is 0 Å². The van der Waals surface area contributed by atoms with Gasteiger partial charge in [0, 0.05) is 11.8 Å². The van der Waals surface area contributed by atoms with Crippen molar-refractivity contribution in [2.45, 2.75) is 24.5 Å². The summed E-state index contributed by atoms with van der Waals surface area (Å²) in [6.45, 7) is 2.05. The quantitative estimate of drug-likeness (QED) is 0.346. The Labute approximate surface area is 201 Å². The third kappa shape index (κ3) is 5.45. The van der Waals surface area contributed by atoms with Gasteiger partial charge < -0.3 is 5.11 Å². The maximum absolute atomic E-state index is 13.8. The van der Waals surface area contributed by atoms with Gasteiger partial charge in [-0.15, -0.1) is 0 Å². The number of aliphatic hydroxyl groups excluding tert-OH is 1. The zero-order valence-electron chi connectivity index (χ0n) is 19.0. The Bertz CT molecular complexity index is 1340. The second-order valence-corrected chi connectivity index (χ2v) is 10.0. The molecular weight excluding hydrogens is 442 g/mol. The summed E-state index contributed by atoms with van der Waals surface area (Å²) in [5, 5.41) is 11.3. The molecule has 1 N–H and O–H groups in total. The highest BCUT2D eigenvalue weighted by Crippen LogP contribution is 2.32. The zero-order valence-corrected chi connectivity index (χ0v) is 19.8. The molecule has 4 rings (SSSR count). The van der Waals surface area contributed by atoms with Crippen molar-refractivity contribution in [1.82, 2.24) is 4.31 Å². The predicted molar refractivity (Wildman–Crippen MR) is 136 cm³/mol. The van der Waals surface area contributed by atoms with Crippen molar-refractivity contribution < 1.29 is 13.5 Å². The molecule has 0 heterocycles. The van der Waals surface area contributed by atoms with Gasteiger partial charge in [-0.05, 0) is 35.7 Å². The molecule has 1 atom stereocenters. The van der Waals surface area contributed by atoms with Crippen LogP contribution in [-0.4, -0.2) is 17.8 Å². The summed E-state index contributed by atoms with van der Waals surface area (Å²) in [5.41, 5.74) is 3.75. The summed E-state index contributed by atoms with van der Waals surface area (Å²) in [6, 6.07) is 34.9. The number of hydrogen-bond donors (Lipinski definition) is 1. The molecule has 5 heteroatoms. The molecule has 0 spiro atoms. The third-order valence-corrected chi connectivity index (χ3v) is 7.33. The number of aryl methyl sites for hydroxylation is 1. The van der Waals surface area contributed by atoms with Crippen LogP contribution >= 0.6 is 0 Å². The monoisotopic (exact) mass is 469 g/mol. The lowest BCUT2D eigenvalue weighted by Gasteiger charge is -2.25. The average Bonchev–Trinajstić information content (AvgIpc) is 2.88. The van der Waals surface area contributed by atoms with Gasteiger partial charge in [-0.1, -0.05) is 109 Å². The molecule has 0 amide bonds. The van der Waals surface area contributed by atoms with E-state index in [1.807, 2.05) is 97.9 Å². The number of benzene rings is 4. The second kappa shape index (κ2) is 10.5. The van der Waals surface area contributed by atoms with Crippen LogP contribution in [0, 0.1) is 6.92 Å². The van der Waals surface area contributed by atoms with Crippen LogP contribution in [0.4, 0.5) is 0 Å². The molecule has 0 radical (unpaired) electrons. The van der Waals surface area contributed by atoms with E-state index in [-0.39, 0.29) is 11.4 Å². The summed E-state index contributed by atoms with van der Waals surface area (Å²) in [6.07, 6.45) is 0.560. The predicted octanol–water partition coefficient (Wildman–Crippen LogP) is 5.96. The fraction of sp³-hybridized carbons (Fsp3) is 0.103. The van der Waals surface area contributed by atoms with Crippen LogP contribution in [0.1, 0.15) is 28.4 Å². The topological polar surface area (TPSA) is 57.6 Å². The molecule has 0 unspecified atom stereocenters. The SMILES string of the molecule is Cc1ccc(S(=O)(=O)N(/C=C(\c2ccccc2)[C@H](O)c2ccccc2)Cc2ccccc2)cc1. The normalized spacial score (nSPS) is 12.8. The molecule has 0 aliphatic rings. The van der Waals surface area contributed by atoms with E-state index >= 15 is 0 Å². The highest BCUT2D eigenvalue weighted by molar-refractivity contribution is 7.89. The van der Waals surface area contributed by atoms with E-state index in [1.165, 1.54) is 4.31 Å². The van der Waals surface area contributed by atoms with Crippen molar-refractivity contribution in [2.75, 3.05) is 0 Å². The smallest absolute Gasteiger partial charge is 0.264 e. The standard InChI is InChI=1S/C29H27NO3S/c1-23-17-19-27(20-18-23)34(32,33)30(21-24-11-5-2-6-12-24)22-28(25-13-7-3-8-14-25)29(31)26-15-9-4-10-16-26/h2-20,22,29,31H,21H2,1H3/b28-22+/t29-/m1/s1. The van der Waals surface area contributed by atoms with E-state index in [0.717, 1.165) is 16.7 Å². The molecule has 4 aromatic rings. The summed E-state index contributed by atoms with van der Waals surface area (Å²) in [5.74, 6) is 0. The van der Waals surface area contributed by atoms with Crippen molar-refractivity contribution in [2.24, 2.45) is 0 Å². The zero-order chi connectivity index (χ0) is 24.0. The Hall–Kier alpha value is -3.67. The minimum atomic E-state index is -3.89. The number of sulfonamides is 1. The minimum Gasteiger partial charge on any atom is -0.384 e. The van der Waals surface area contributed by atoms with Crippen LogP contribution in [0.2, 0.25) is 0 Å². The molecule has 0 bridgehead atoms. The molecule has 0 fully saturated rings. The van der Waals surface area contributed by atoms with Gasteiger partial charge in [-0.25, -0.2) is 8.42 Å². The van der Waals surface area contributed by atoms with Crippen molar-refractivity contribution in [3.63, 3.8) is 0 Å². The summed E-state index contributed by atoms with van der Waals surface area (Å²) < 4.78 is 28.9. The van der Waals surface area contributed by atoms with E-state index in [4.69, 9.17) is 0 Å². The first-order valence-corrected chi connectivity index (χ1v) is 12.5. The molecule has 0 aromatic heterocycles. The molecule has 4 aromatic carbocycles. The molecule has 4 nitrogen and oxygen atoms in total. The van der Waals surface area contributed by atoms with E-state index in [1.54, 1.807) is 30.5 Å². The molecule has 172 valence electrons. The maximum atomic E-state index is 13.8. The largest absolute Gasteiger partial charge is 0.384 e. The summed E-state index contributed by atoms with van der Waals surface area (Å²) in [4.78, 5) is 0.201. The summed E-state index contributed by atoms with van der Waals surface area (Å²) in [7, 11) is -3.89. The fourth-order valence-corrected chi connectivity index (χ4v) is 5.03. The minimum absolute atomic E-state index is 0.134. The Morgan fingerprint density at radius 1 is 0.794 bits per heavy atom. The lowest BCUT2D eigenvalue weighted by molar-refractivity contribution is 0.237. The van der Waals surface area contributed by atoms with Gasteiger partial charge in [0.25, 0.3) is 10.0 Å². The molecule has 34 heavy (non-hydrogen) atoms. The first kappa shape index (κ1) is 23.5. The summed E-state index contributed by atoms with van der Waals surface area (Å²) >= 11 is 0. The fourth-order valence-electron chi connectivity index (χ4n) is 3.71. The van der Waals surface area contributed by atoms with Crippen LogP contribution in [0.15, 0.2) is 126 Å². The van der Waals surface area contributed by atoms with Gasteiger partial charge in [0.2, 0.25) is 0 Å². The third-order valence-electron chi connectivity index (χ3n) is 5.61. The average molecular weight is 470 g/mol.